The molecule has 1 amide bonds. The van der Waals surface area contributed by atoms with Crippen LogP contribution in [0.1, 0.15) is 25.8 Å². The van der Waals surface area contributed by atoms with E-state index in [4.69, 9.17) is 23.2 Å². The summed E-state index contributed by atoms with van der Waals surface area (Å²) in [6.45, 7) is 4.46. The predicted octanol–water partition coefficient (Wildman–Crippen LogP) is 4.60. The minimum absolute atomic E-state index is 0.195. The van der Waals surface area contributed by atoms with Gasteiger partial charge in [0.2, 0.25) is 15.9 Å². The fraction of sp³-hybridized carbons (Fsp3) is 0.316. The lowest BCUT2D eigenvalue weighted by Gasteiger charge is -2.18. The van der Waals surface area contributed by atoms with Crippen molar-refractivity contribution in [2.75, 3.05) is 18.4 Å². The van der Waals surface area contributed by atoms with E-state index in [2.05, 4.69) is 5.32 Å². The molecule has 2 aromatic carbocycles. The highest BCUT2D eigenvalue weighted by atomic mass is 35.5. The summed E-state index contributed by atoms with van der Waals surface area (Å²) in [5.74, 6) is -0.195. The fourth-order valence-corrected chi connectivity index (χ4v) is 4.40. The van der Waals surface area contributed by atoms with E-state index >= 15 is 0 Å². The Morgan fingerprint density at radius 2 is 1.67 bits per heavy atom. The molecule has 2 aromatic rings. The quantitative estimate of drug-likeness (QED) is 0.667. The fourth-order valence-electron chi connectivity index (χ4n) is 2.60. The van der Waals surface area contributed by atoms with Gasteiger partial charge in [0.15, 0.2) is 0 Å². The molecule has 27 heavy (non-hydrogen) atoms. The molecule has 8 heteroatoms. The van der Waals surface area contributed by atoms with Crippen LogP contribution in [0.5, 0.6) is 0 Å². The van der Waals surface area contributed by atoms with Crippen molar-refractivity contribution in [1.29, 1.82) is 0 Å². The van der Waals surface area contributed by atoms with Gasteiger partial charge in [-0.25, -0.2) is 8.42 Å². The first kappa shape index (κ1) is 21.7. The smallest absolute Gasteiger partial charge is 0.243 e. The van der Waals surface area contributed by atoms with Gasteiger partial charge in [-0.1, -0.05) is 49.2 Å². The lowest BCUT2D eigenvalue weighted by atomic mass is 10.1. The number of nitrogens with zero attached hydrogens (tertiary/aromatic N) is 1. The maximum absolute atomic E-state index is 12.5. The Balaban J connectivity index is 1.99. The second kappa shape index (κ2) is 9.55. The van der Waals surface area contributed by atoms with Crippen molar-refractivity contribution in [1.82, 2.24) is 4.31 Å². The molecule has 0 radical (unpaired) electrons. The van der Waals surface area contributed by atoms with Crippen LogP contribution in [-0.4, -0.2) is 31.7 Å². The molecule has 0 bridgehead atoms. The van der Waals surface area contributed by atoms with Gasteiger partial charge in [-0.3, -0.25) is 4.79 Å². The molecule has 5 nitrogen and oxygen atoms in total. The molecule has 0 fully saturated rings. The number of anilines is 1. The first-order valence-electron chi connectivity index (χ1n) is 8.62. The van der Waals surface area contributed by atoms with Crippen LogP contribution >= 0.6 is 23.2 Å². The number of halogens is 2. The second-order valence-electron chi connectivity index (χ2n) is 5.91. The van der Waals surface area contributed by atoms with Gasteiger partial charge in [-0.05, 0) is 42.3 Å². The molecule has 0 atom stereocenters. The largest absolute Gasteiger partial charge is 0.325 e. The zero-order valence-electron chi connectivity index (χ0n) is 15.2. The summed E-state index contributed by atoms with van der Waals surface area (Å²) in [7, 11) is -3.47. The first-order valence-corrected chi connectivity index (χ1v) is 10.8. The number of amides is 1. The van der Waals surface area contributed by atoms with E-state index in [0.29, 0.717) is 35.2 Å². The average molecular weight is 429 g/mol. The number of benzene rings is 2. The highest BCUT2D eigenvalue weighted by Crippen LogP contribution is 2.25. The summed E-state index contributed by atoms with van der Waals surface area (Å²) >= 11 is 11.9. The van der Waals surface area contributed by atoms with Crippen molar-refractivity contribution in [3.63, 3.8) is 0 Å². The van der Waals surface area contributed by atoms with Crippen LogP contribution in [0, 0.1) is 0 Å². The summed E-state index contributed by atoms with van der Waals surface area (Å²) in [4.78, 5) is 12.4. The molecule has 146 valence electrons. The van der Waals surface area contributed by atoms with Crippen LogP contribution in [0.25, 0.3) is 0 Å². The summed E-state index contributed by atoms with van der Waals surface area (Å²) in [6.07, 6.45) is 0.723. The normalized spacial score (nSPS) is 11.6. The van der Waals surface area contributed by atoms with Gasteiger partial charge in [-0.15, -0.1) is 0 Å². The number of nitrogens with one attached hydrogen (secondary N) is 1. The molecular weight excluding hydrogens is 407 g/mol. The summed E-state index contributed by atoms with van der Waals surface area (Å²) in [5, 5.41) is 3.63. The second-order valence-corrected chi connectivity index (χ2v) is 8.69. The molecule has 1 N–H and O–H groups in total. The van der Waals surface area contributed by atoms with Gasteiger partial charge in [0.05, 0.1) is 15.6 Å². The zero-order valence-corrected chi connectivity index (χ0v) is 17.5. The summed E-state index contributed by atoms with van der Waals surface area (Å²) in [5.41, 5.74) is 1.34. The van der Waals surface area contributed by atoms with Crippen molar-refractivity contribution in [2.24, 2.45) is 0 Å². The Morgan fingerprint density at radius 1 is 1.04 bits per heavy atom. The van der Waals surface area contributed by atoms with Crippen LogP contribution < -0.4 is 5.32 Å². The molecule has 2 rings (SSSR count). The molecule has 0 spiro atoms. The molecule has 0 heterocycles. The van der Waals surface area contributed by atoms with E-state index in [9.17, 15) is 13.2 Å². The maximum atomic E-state index is 12.5. The topological polar surface area (TPSA) is 66.5 Å². The van der Waals surface area contributed by atoms with Crippen LogP contribution in [0.3, 0.4) is 0 Å². The molecule has 0 aliphatic heterocycles. The highest BCUT2D eigenvalue weighted by Gasteiger charge is 2.21. The van der Waals surface area contributed by atoms with E-state index in [0.717, 1.165) is 5.56 Å². The van der Waals surface area contributed by atoms with Gasteiger partial charge < -0.3 is 5.32 Å². The lowest BCUT2D eigenvalue weighted by Crippen LogP contribution is -2.30. The van der Waals surface area contributed by atoms with Gasteiger partial charge >= 0.3 is 0 Å². The van der Waals surface area contributed by atoms with Gasteiger partial charge in [0, 0.05) is 24.5 Å². The SMILES string of the molecule is CCN(CC)S(=O)(=O)c1ccc(CCC(=O)Nc2cc(Cl)ccc2Cl)cc1. The highest BCUT2D eigenvalue weighted by molar-refractivity contribution is 7.89. The Kier molecular flexibility index (Phi) is 7.68. The Morgan fingerprint density at radius 3 is 2.26 bits per heavy atom. The van der Waals surface area contributed by atoms with Crippen molar-refractivity contribution in [3.05, 3.63) is 58.1 Å². The van der Waals surface area contributed by atoms with Crippen molar-refractivity contribution >= 4 is 44.8 Å². The van der Waals surface area contributed by atoms with Gasteiger partial charge in [0.1, 0.15) is 0 Å². The standard InChI is InChI=1S/C19H22Cl2N2O3S/c1-3-23(4-2)27(25,26)16-9-5-14(6-10-16)7-12-19(24)22-18-13-15(20)8-11-17(18)21/h5-6,8-11,13H,3-4,7,12H2,1-2H3,(H,22,24). The third-order valence-electron chi connectivity index (χ3n) is 4.11. The Labute approximate surface area is 170 Å². The Bertz CT molecular complexity index is 896. The third-order valence-corrected chi connectivity index (χ3v) is 6.74. The molecule has 0 aromatic heterocycles. The number of carbonyl (C=O) groups excluding carboxylic acids is 1. The number of hydrogen-bond donors (Lipinski definition) is 1. The van der Waals surface area contributed by atoms with Crippen LogP contribution in [0.4, 0.5) is 5.69 Å². The van der Waals surface area contributed by atoms with Crippen LogP contribution in [0.2, 0.25) is 10.0 Å². The van der Waals surface area contributed by atoms with Crippen molar-refractivity contribution in [2.45, 2.75) is 31.6 Å². The monoisotopic (exact) mass is 428 g/mol. The van der Waals surface area contributed by atoms with E-state index in [1.54, 1.807) is 56.3 Å². The minimum Gasteiger partial charge on any atom is -0.325 e. The first-order chi connectivity index (χ1) is 12.8. The van der Waals surface area contributed by atoms with Gasteiger partial charge in [0.25, 0.3) is 0 Å². The Hall–Kier alpha value is -1.60. The van der Waals surface area contributed by atoms with E-state index < -0.39 is 10.0 Å². The molecule has 0 unspecified atom stereocenters. The van der Waals surface area contributed by atoms with Crippen LogP contribution in [0.15, 0.2) is 47.4 Å². The van der Waals surface area contributed by atoms with Crippen molar-refractivity contribution < 1.29 is 13.2 Å². The number of hydrogen-bond acceptors (Lipinski definition) is 3. The predicted molar refractivity (Wildman–Crippen MR) is 110 cm³/mol. The zero-order chi connectivity index (χ0) is 20.0. The molecule has 0 aliphatic carbocycles. The van der Waals surface area contributed by atoms with E-state index in [-0.39, 0.29) is 17.2 Å². The van der Waals surface area contributed by atoms with Crippen LogP contribution in [-0.2, 0) is 21.2 Å². The van der Waals surface area contributed by atoms with Crippen molar-refractivity contribution in [3.8, 4) is 0 Å². The minimum atomic E-state index is -3.47. The molecular formula is C19H22Cl2N2O3S. The summed E-state index contributed by atoms with van der Waals surface area (Å²) < 4.78 is 26.4. The van der Waals surface area contributed by atoms with Gasteiger partial charge in [-0.2, -0.15) is 4.31 Å². The summed E-state index contributed by atoms with van der Waals surface area (Å²) in [6, 6.07) is 11.5. The third kappa shape index (κ3) is 5.69. The molecule has 0 saturated heterocycles. The number of carbonyl (C=O) groups is 1. The number of sulfonamides is 1. The molecule has 0 aliphatic rings. The lowest BCUT2D eigenvalue weighted by molar-refractivity contribution is -0.116. The molecule has 0 saturated carbocycles. The number of aryl methyl sites for hydroxylation is 1. The number of rotatable bonds is 8. The van der Waals surface area contributed by atoms with E-state index in [1.807, 2.05) is 0 Å². The maximum Gasteiger partial charge on any atom is 0.243 e. The average Bonchev–Trinajstić information content (AvgIpc) is 2.64. The van der Waals surface area contributed by atoms with E-state index in [1.165, 1.54) is 4.31 Å².